The molecule has 1 heterocycles. The molecule has 2 unspecified atom stereocenters. The molecule has 0 aromatic heterocycles. The lowest BCUT2D eigenvalue weighted by Gasteiger charge is -2.31. The normalized spacial score (nSPS) is 21.4. The van der Waals surface area contributed by atoms with Gasteiger partial charge in [0.2, 0.25) is 0 Å². The van der Waals surface area contributed by atoms with Crippen molar-refractivity contribution in [3.63, 3.8) is 0 Å². The average molecular weight is 244 g/mol. The highest BCUT2D eigenvalue weighted by Gasteiger charge is 2.25. The molecule has 0 radical (unpaired) electrons. The molecule has 1 aliphatic rings. The van der Waals surface area contributed by atoms with Crippen LogP contribution >= 0.6 is 0 Å². The summed E-state index contributed by atoms with van der Waals surface area (Å²) in [6.45, 7) is 6.79. The average Bonchev–Trinajstić information content (AvgIpc) is 2.37. The SMILES string of the molecule is CCCC(OCC)C(CC1CCOCC1)NN. The molecule has 0 amide bonds. The van der Waals surface area contributed by atoms with Gasteiger partial charge in [0.05, 0.1) is 6.10 Å². The van der Waals surface area contributed by atoms with Crippen molar-refractivity contribution in [1.82, 2.24) is 5.43 Å². The maximum atomic E-state index is 5.80. The molecule has 3 N–H and O–H groups in total. The number of hydrogen-bond acceptors (Lipinski definition) is 4. The third-order valence-electron chi connectivity index (χ3n) is 3.54. The zero-order chi connectivity index (χ0) is 12.5. The summed E-state index contributed by atoms with van der Waals surface area (Å²) in [6.07, 6.45) is 5.87. The van der Waals surface area contributed by atoms with E-state index < -0.39 is 0 Å². The first-order chi connectivity index (χ1) is 8.31. The van der Waals surface area contributed by atoms with Gasteiger partial charge < -0.3 is 9.47 Å². The summed E-state index contributed by atoms with van der Waals surface area (Å²) >= 11 is 0. The molecule has 0 bridgehead atoms. The lowest BCUT2D eigenvalue weighted by molar-refractivity contribution is 0.00941. The van der Waals surface area contributed by atoms with Gasteiger partial charge in [-0.05, 0) is 38.5 Å². The fraction of sp³-hybridized carbons (Fsp3) is 1.00. The van der Waals surface area contributed by atoms with E-state index in [1.54, 1.807) is 0 Å². The quantitative estimate of drug-likeness (QED) is 0.505. The van der Waals surface area contributed by atoms with Gasteiger partial charge in [-0.25, -0.2) is 0 Å². The van der Waals surface area contributed by atoms with E-state index in [2.05, 4.69) is 12.3 Å². The maximum Gasteiger partial charge on any atom is 0.0741 e. The van der Waals surface area contributed by atoms with Gasteiger partial charge in [-0.15, -0.1) is 0 Å². The van der Waals surface area contributed by atoms with Gasteiger partial charge in [0.15, 0.2) is 0 Å². The van der Waals surface area contributed by atoms with E-state index in [0.717, 1.165) is 57.8 Å². The van der Waals surface area contributed by atoms with Crippen LogP contribution in [0.1, 0.15) is 46.0 Å². The zero-order valence-electron chi connectivity index (χ0n) is 11.3. The highest BCUT2D eigenvalue weighted by Crippen LogP contribution is 2.23. The van der Waals surface area contributed by atoms with Crippen molar-refractivity contribution < 1.29 is 9.47 Å². The molecule has 17 heavy (non-hydrogen) atoms. The number of nitrogens with two attached hydrogens (primary N) is 1. The number of ether oxygens (including phenoxy) is 2. The summed E-state index contributed by atoms with van der Waals surface area (Å²) in [4.78, 5) is 0. The Labute approximate surface area is 105 Å². The van der Waals surface area contributed by atoms with Crippen molar-refractivity contribution in [2.24, 2.45) is 11.8 Å². The number of hydrogen-bond donors (Lipinski definition) is 2. The fourth-order valence-corrected chi connectivity index (χ4v) is 2.57. The summed E-state index contributed by atoms with van der Waals surface area (Å²) in [7, 11) is 0. The van der Waals surface area contributed by atoms with Crippen LogP contribution in [-0.4, -0.2) is 32.0 Å². The standard InChI is InChI=1S/C13H28N2O2/c1-3-5-13(17-4-2)12(15-14)10-11-6-8-16-9-7-11/h11-13,15H,3-10,14H2,1-2H3. The summed E-state index contributed by atoms with van der Waals surface area (Å²) in [5.41, 5.74) is 2.95. The molecule has 2 atom stereocenters. The molecule has 1 fully saturated rings. The highest BCUT2D eigenvalue weighted by atomic mass is 16.5. The monoisotopic (exact) mass is 244 g/mol. The second-order valence-electron chi connectivity index (χ2n) is 4.85. The van der Waals surface area contributed by atoms with Crippen LogP contribution in [0.4, 0.5) is 0 Å². The fourth-order valence-electron chi connectivity index (χ4n) is 2.57. The lowest BCUT2D eigenvalue weighted by atomic mass is 9.89. The van der Waals surface area contributed by atoms with E-state index in [4.69, 9.17) is 15.3 Å². The van der Waals surface area contributed by atoms with Crippen molar-refractivity contribution >= 4 is 0 Å². The van der Waals surface area contributed by atoms with E-state index in [0.29, 0.717) is 0 Å². The van der Waals surface area contributed by atoms with Crippen LogP contribution in [0.3, 0.4) is 0 Å². The Morgan fingerprint density at radius 1 is 1.35 bits per heavy atom. The van der Waals surface area contributed by atoms with Gasteiger partial charge in [0, 0.05) is 25.9 Å². The molecule has 4 heteroatoms. The summed E-state index contributed by atoms with van der Waals surface area (Å²) in [5, 5.41) is 0. The third kappa shape index (κ3) is 5.34. The Morgan fingerprint density at radius 2 is 2.06 bits per heavy atom. The second kappa shape index (κ2) is 8.86. The molecular formula is C13H28N2O2. The van der Waals surface area contributed by atoms with E-state index in [-0.39, 0.29) is 12.1 Å². The van der Waals surface area contributed by atoms with Crippen molar-refractivity contribution in [3.05, 3.63) is 0 Å². The molecule has 0 spiro atoms. The van der Waals surface area contributed by atoms with E-state index in [1.165, 1.54) is 0 Å². The smallest absolute Gasteiger partial charge is 0.0741 e. The van der Waals surface area contributed by atoms with Crippen LogP contribution in [0, 0.1) is 5.92 Å². The molecule has 1 saturated heterocycles. The highest BCUT2D eigenvalue weighted by molar-refractivity contribution is 4.79. The number of hydrazine groups is 1. The minimum atomic E-state index is 0.248. The first kappa shape index (κ1) is 14.9. The van der Waals surface area contributed by atoms with E-state index in [9.17, 15) is 0 Å². The van der Waals surface area contributed by atoms with Crippen LogP contribution in [0.15, 0.2) is 0 Å². The van der Waals surface area contributed by atoms with Crippen LogP contribution in [0.2, 0.25) is 0 Å². The van der Waals surface area contributed by atoms with Gasteiger partial charge in [-0.2, -0.15) is 0 Å². The minimum absolute atomic E-state index is 0.248. The van der Waals surface area contributed by atoms with Gasteiger partial charge in [0.25, 0.3) is 0 Å². The molecule has 102 valence electrons. The minimum Gasteiger partial charge on any atom is -0.381 e. The molecule has 1 aliphatic heterocycles. The van der Waals surface area contributed by atoms with Crippen molar-refractivity contribution in [1.29, 1.82) is 0 Å². The molecule has 0 aromatic carbocycles. The predicted molar refractivity (Wildman–Crippen MR) is 69.6 cm³/mol. The number of nitrogens with one attached hydrogen (secondary N) is 1. The van der Waals surface area contributed by atoms with Crippen LogP contribution in [-0.2, 0) is 9.47 Å². The first-order valence-corrected chi connectivity index (χ1v) is 6.97. The maximum absolute atomic E-state index is 5.80. The van der Waals surface area contributed by atoms with Crippen molar-refractivity contribution in [3.8, 4) is 0 Å². The second-order valence-corrected chi connectivity index (χ2v) is 4.85. The van der Waals surface area contributed by atoms with Crippen LogP contribution in [0.25, 0.3) is 0 Å². The van der Waals surface area contributed by atoms with Gasteiger partial charge in [0.1, 0.15) is 0 Å². The molecule has 0 saturated carbocycles. The summed E-state index contributed by atoms with van der Waals surface area (Å²) in [6, 6.07) is 0.276. The molecule has 0 aromatic rings. The third-order valence-corrected chi connectivity index (χ3v) is 3.54. The lowest BCUT2D eigenvalue weighted by Crippen LogP contribution is -2.46. The van der Waals surface area contributed by atoms with Crippen LogP contribution < -0.4 is 11.3 Å². The Bertz CT molecular complexity index is 178. The molecule has 1 rings (SSSR count). The summed E-state index contributed by atoms with van der Waals surface area (Å²) < 4.78 is 11.2. The Balaban J connectivity index is 2.42. The summed E-state index contributed by atoms with van der Waals surface area (Å²) in [5.74, 6) is 6.42. The Kier molecular flexibility index (Phi) is 7.77. The van der Waals surface area contributed by atoms with E-state index in [1.807, 2.05) is 6.92 Å². The Morgan fingerprint density at radius 3 is 2.59 bits per heavy atom. The molecule has 0 aliphatic carbocycles. The zero-order valence-corrected chi connectivity index (χ0v) is 11.3. The number of rotatable bonds is 8. The predicted octanol–water partition coefficient (Wildman–Crippen LogP) is 1.84. The Hall–Kier alpha value is -0.160. The van der Waals surface area contributed by atoms with Gasteiger partial charge in [-0.3, -0.25) is 11.3 Å². The topological polar surface area (TPSA) is 56.5 Å². The van der Waals surface area contributed by atoms with Gasteiger partial charge >= 0.3 is 0 Å². The first-order valence-electron chi connectivity index (χ1n) is 6.97. The van der Waals surface area contributed by atoms with Crippen molar-refractivity contribution in [2.75, 3.05) is 19.8 Å². The molecular weight excluding hydrogens is 216 g/mol. The van der Waals surface area contributed by atoms with Crippen LogP contribution in [0.5, 0.6) is 0 Å². The van der Waals surface area contributed by atoms with Crippen molar-refractivity contribution in [2.45, 2.75) is 58.1 Å². The van der Waals surface area contributed by atoms with E-state index >= 15 is 0 Å². The largest absolute Gasteiger partial charge is 0.381 e. The van der Waals surface area contributed by atoms with Gasteiger partial charge in [-0.1, -0.05) is 13.3 Å². The molecule has 4 nitrogen and oxygen atoms in total.